The Hall–Kier alpha value is -3.14. The molecule has 3 aromatic rings. The van der Waals surface area contributed by atoms with Gasteiger partial charge in [0.05, 0.1) is 0 Å². The Morgan fingerprint density at radius 1 is 0.840 bits per heavy atom. The molecule has 4 nitrogen and oxygen atoms in total. The summed E-state index contributed by atoms with van der Waals surface area (Å²) in [5.41, 5.74) is 2.22. The van der Waals surface area contributed by atoms with E-state index in [2.05, 4.69) is 5.32 Å². The molecule has 0 spiro atoms. The van der Waals surface area contributed by atoms with E-state index in [1.807, 2.05) is 54.6 Å². The lowest BCUT2D eigenvalue weighted by Crippen LogP contribution is -2.23. The highest BCUT2D eigenvalue weighted by Gasteiger charge is 2.09. The third-order valence-electron chi connectivity index (χ3n) is 4.07. The zero-order valence-electron chi connectivity index (χ0n) is 14.3. The minimum atomic E-state index is -0.112. The highest BCUT2D eigenvalue weighted by Crippen LogP contribution is 2.15. The molecule has 2 amide bonds. The molecule has 0 fully saturated rings. The van der Waals surface area contributed by atoms with Crippen LogP contribution in [0.3, 0.4) is 0 Å². The molecule has 25 heavy (non-hydrogen) atoms. The van der Waals surface area contributed by atoms with Crippen molar-refractivity contribution in [3.63, 3.8) is 0 Å². The number of fused-ring (bicyclic) bond motifs is 1. The van der Waals surface area contributed by atoms with Gasteiger partial charge in [0.2, 0.25) is 0 Å². The van der Waals surface area contributed by atoms with Crippen LogP contribution in [-0.4, -0.2) is 30.8 Å². The minimum Gasteiger partial charge on any atom is -0.348 e. The van der Waals surface area contributed by atoms with E-state index in [0.29, 0.717) is 17.7 Å². The maximum absolute atomic E-state index is 12.4. The van der Waals surface area contributed by atoms with Gasteiger partial charge >= 0.3 is 0 Å². The summed E-state index contributed by atoms with van der Waals surface area (Å²) in [7, 11) is 3.44. The number of benzene rings is 3. The second-order valence-corrected chi connectivity index (χ2v) is 6.14. The van der Waals surface area contributed by atoms with Crippen LogP contribution in [-0.2, 0) is 6.54 Å². The standard InChI is InChI=1S/C21H20N2O2/c1-23(2)21(25)17-9-7-15(8-10-17)14-22-20(24)19-12-11-16-5-3-4-6-18(16)13-19/h3-13H,14H2,1-2H3,(H,22,24). The maximum Gasteiger partial charge on any atom is 0.253 e. The Morgan fingerprint density at radius 2 is 1.48 bits per heavy atom. The molecule has 4 heteroatoms. The first-order chi connectivity index (χ1) is 12.0. The quantitative estimate of drug-likeness (QED) is 0.795. The van der Waals surface area contributed by atoms with Gasteiger partial charge < -0.3 is 10.2 Å². The summed E-state index contributed by atoms with van der Waals surface area (Å²) in [4.78, 5) is 25.8. The number of rotatable bonds is 4. The minimum absolute atomic E-state index is 0.0354. The molecular formula is C21H20N2O2. The third kappa shape index (κ3) is 3.86. The number of amides is 2. The van der Waals surface area contributed by atoms with Crippen molar-refractivity contribution in [3.05, 3.63) is 83.4 Å². The molecule has 0 aliphatic rings. The second kappa shape index (κ2) is 7.18. The van der Waals surface area contributed by atoms with E-state index in [-0.39, 0.29) is 11.8 Å². The molecule has 0 radical (unpaired) electrons. The van der Waals surface area contributed by atoms with Crippen molar-refractivity contribution in [1.29, 1.82) is 0 Å². The molecular weight excluding hydrogens is 312 g/mol. The number of hydrogen-bond acceptors (Lipinski definition) is 2. The molecule has 0 unspecified atom stereocenters. The third-order valence-corrected chi connectivity index (χ3v) is 4.07. The van der Waals surface area contributed by atoms with E-state index in [1.165, 1.54) is 4.90 Å². The fourth-order valence-electron chi connectivity index (χ4n) is 2.64. The Kier molecular flexibility index (Phi) is 4.80. The van der Waals surface area contributed by atoms with Crippen LogP contribution in [0.5, 0.6) is 0 Å². The summed E-state index contributed by atoms with van der Waals surface area (Å²) < 4.78 is 0. The average Bonchev–Trinajstić information content (AvgIpc) is 2.65. The van der Waals surface area contributed by atoms with Crippen LogP contribution in [0, 0.1) is 0 Å². The van der Waals surface area contributed by atoms with Gasteiger partial charge in [0.15, 0.2) is 0 Å². The normalized spacial score (nSPS) is 10.5. The van der Waals surface area contributed by atoms with E-state index >= 15 is 0 Å². The van der Waals surface area contributed by atoms with Gasteiger partial charge in [0.1, 0.15) is 0 Å². The molecule has 3 aromatic carbocycles. The first kappa shape index (κ1) is 16.7. The molecule has 0 saturated heterocycles. The van der Waals surface area contributed by atoms with Crippen molar-refractivity contribution in [3.8, 4) is 0 Å². The van der Waals surface area contributed by atoms with E-state index in [4.69, 9.17) is 0 Å². The predicted octanol–water partition coefficient (Wildman–Crippen LogP) is 3.47. The SMILES string of the molecule is CN(C)C(=O)c1ccc(CNC(=O)c2ccc3ccccc3c2)cc1. The number of carbonyl (C=O) groups is 2. The first-order valence-corrected chi connectivity index (χ1v) is 8.12. The molecule has 0 aromatic heterocycles. The Morgan fingerprint density at radius 3 is 2.16 bits per heavy atom. The summed E-state index contributed by atoms with van der Waals surface area (Å²) in [5, 5.41) is 5.07. The van der Waals surface area contributed by atoms with Crippen molar-refractivity contribution in [2.45, 2.75) is 6.54 Å². The van der Waals surface area contributed by atoms with Gasteiger partial charge in [0, 0.05) is 31.8 Å². The lowest BCUT2D eigenvalue weighted by atomic mass is 10.1. The van der Waals surface area contributed by atoms with E-state index in [9.17, 15) is 9.59 Å². The van der Waals surface area contributed by atoms with Crippen LogP contribution in [0.2, 0.25) is 0 Å². The van der Waals surface area contributed by atoms with Gasteiger partial charge in [-0.2, -0.15) is 0 Å². The van der Waals surface area contributed by atoms with Crippen LogP contribution in [0.1, 0.15) is 26.3 Å². The van der Waals surface area contributed by atoms with Crippen molar-refractivity contribution < 1.29 is 9.59 Å². The Bertz CT molecular complexity index is 915. The summed E-state index contributed by atoms with van der Waals surface area (Å²) in [5.74, 6) is -0.147. The van der Waals surface area contributed by atoms with Crippen LogP contribution >= 0.6 is 0 Å². The van der Waals surface area contributed by atoms with E-state index in [1.54, 1.807) is 26.2 Å². The molecule has 0 bridgehead atoms. The molecule has 0 atom stereocenters. The molecule has 126 valence electrons. The van der Waals surface area contributed by atoms with E-state index in [0.717, 1.165) is 16.3 Å². The smallest absolute Gasteiger partial charge is 0.253 e. The topological polar surface area (TPSA) is 49.4 Å². The van der Waals surface area contributed by atoms with Crippen LogP contribution < -0.4 is 5.32 Å². The monoisotopic (exact) mass is 332 g/mol. The number of hydrogen-bond donors (Lipinski definition) is 1. The van der Waals surface area contributed by atoms with Crippen LogP contribution in [0.15, 0.2) is 66.7 Å². The van der Waals surface area contributed by atoms with E-state index < -0.39 is 0 Å². The highest BCUT2D eigenvalue weighted by molar-refractivity contribution is 5.98. The zero-order chi connectivity index (χ0) is 17.8. The molecule has 3 rings (SSSR count). The van der Waals surface area contributed by atoms with Gasteiger partial charge in [-0.1, -0.05) is 42.5 Å². The number of nitrogens with zero attached hydrogens (tertiary/aromatic N) is 1. The molecule has 0 saturated carbocycles. The van der Waals surface area contributed by atoms with Crippen LogP contribution in [0.25, 0.3) is 10.8 Å². The summed E-state index contributed by atoms with van der Waals surface area (Å²) >= 11 is 0. The molecule has 1 N–H and O–H groups in total. The van der Waals surface area contributed by atoms with Gasteiger partial charge in [0.25, 0.3) is 11.8 Å². The zero-order valence-corrected chi connectivity index (χ0v) is 14.3. The maximum atomic E-state index is 12.4. The van der Waals surface area contributed by atoms with Gasteiger partial charge in [-0.3, -0.25) is 9.59 Å². The lowest BCUT2D eigenvalue weighted by molar-refractivity contribution is 0.0827. The van der Waals surface area contributed by atoms with Crippen molar-refractivity contribution in [2.75, 3.05) is 14.1 Å². The van der Waals surface area contributed by atoms with Gasteiger partial charge in [-0.25, -0.2) is 0 Å². The lowest BCUT2D eigenvalue weighted by Gasteiger charge is -2.11. The Labute approximate surface area is 147 Å². The number of nitrogens with one attached hydrogen (secondary N) is 1. The predicted molar refractivity (Wildman–Crippen MR) is 99.6 cm³/mol. The number of carbonyl (C=O) groups excluding carboxylic acids is 2. The van der Waals surface area contributed by atoms with Crippen molar-refractivity contribution >= 4 is 22.6 Å². The average molecular weight is 332 g/mol. The summed E-state index contributed by atoms with van der Waals surface area (Å²) in [6.45, 7) is 0.419. The molecule has 0 aliphatic carbocycles. The summed E-state index contributed by atoms with van der Waals surface area (Å²) in [6, 6.07) is 20.9. The Balaban J connectivity index is 1.66. The van der Waals surface area contributed by atoms with Gasteiger partial charge in [-0.15, -0.1) is 0 Å². The molecule has 0 aliphatic heterocycles. The fourth-order valence-corrected chi connectivity index (χ4v) is 2.64. The van der Waals surface area contributed by atoms with Gasteiger partial charge in [-0.05, 0) is 40.6 Å². The summed E-state index contributed by atoms with van der Waals surface area (Å²) in [6.07, 6.45) is 0. The second-order valence-electron chi connectivity index (χ2n) is 6.14. The van der Waals surface area contributed by atoms with Crippen LogP contribution in [0.4, 0.5) is 0 Å². The highest BCUT2D eigenvalue weighted by atomic mass is 16.2. The fraction of sp³-hybridized carbons (Fsp3) is 0.143. The van der Waals surface area contributed by atoms with Crippen molar-refractivity contribution in [1.82, 2.24) is 10.2 Å². The largest absolute Gasteiger partial charge is 0.348 e. The molecule has 0 heterocycles. The van der Waals surface area contributed by atoms with Crippen molar-refractivity contribution in [2.24, 2.45) is 0 Å². The first-order valence-electron chi connectivity index (χ1n) is 8.12.